The number of hydrogen-bond acceptors (Lipinski definition) is 5. The van der Waals surface area contributed by atoms with E-state index in [4.69, 9.17) is 4.74 Å². The van der Waals surface area contributed by atoms with Crippen molar-refractivity contribution >= 4 is 21.7 Å². The number of ether oxygens (including phenoxy) is 1. The molecule has 0 N–H and O–H groups in total. The standard InChI is InChI=1S/C22H33NO5S/c1-7-8-10-23(19-9-11-29(26,27)13-19)20(24)12-28-22(25)21-17(5)15(3)14(2)16(4)18(21)6/h19H,7-13H2,1-6H3. The number of rotatable bonds is 7. The third-order valence-corrected chi connectivity index (χ3v) is 8.00. The van der Waals surface area contributed by atoms with E-state index < -0.39 is 15.8 Å². The number of hydrogen-bond donors (Lipinski definition) is 0. The Kier molecular flexibility index (Phi) is 7.49. The van der Waals surface area contributed by atoms with Gasteiger partial charge >= 0.3 is 5.97 Å². The van der Waals surface area contributed by atoms with Crippen molar-refractivity contribution in [3.05, 3.63) is 33.4 Å². The van der Waals surface area contributed by atoms with E-state index in [9.17, 15) is 18.0 Å². The summed E-state index contributed by atoms with van der Waals surface area (Å²) in [7, 11) is -3.10. The summed E-state index contributed by atoms with van der Waals surface area (Å²) < 4.78 is 29.1. The highest BCUT2D eigenvalue weighted by Crippen LogP contribution is 2.26. The Labute approximate surface area is 174 Å². The lowest BCUT2D eigenvalue weighted by atomic mass is 9.90. The third-order valence-electron chi connectivity index (χ3n) is 6.25. The highest BCUT2D eigenvalue weighted by atomic mass is 32.2. The number of carbonyl (C=O) groups is 2. The van der Waals surface area contributed by atoms with Gasteiger partial charge in [0, 0.05) is 12.6 Å². The highest BCUT2D eigenvalue weighted by molar-refractivity contribution is 7.91. The number of carbonyl (C=O) groups excluding carboxylic acids is 2. The molecular weight excluding hydrogens is 390 g/mol. The minimum atomic E-state index is -3.10. The van der Waals surface area contributed by atoms with E-state index in [1.807, 2.05) is 41.5 Å². The van der Waals surface area contributed by atoms with Crippen molar-refractivity contribution in [2.45, 2.75) is 66.8 Å². The zero-order valence-electron chi connectivity index (χ0n) is 18.4. The summed E-state index contributed by atoms with van der Waals surface area (Å²) in [5, 5.41) is 0. The van der Waals surface area contributed by atoms with Crippen molar-refractivity contribution in [3.8, 4) is 0 Å². The maximum absolute atomic E-state index is 12.8. The summed E-state index contributed by atoms with van der Waals surface area (Å²) in [6.45, 7) is 11.9. The fourth-order valence-corrected chi connectivity index (χ4v) is 5.68. The lowest BCUT2D eigenvalue weighted by molar-refractivity contribution is -0.136. The predicted octanol–water partition coefficient (Wildman–Crippen LogP) is 3.20. The Morgan fingerprint density at radius 2 is 1.55 bits per heavy atom. The van der Waals surface area contributed by atoms with Crippen molar-refractivity contribution in [1.82, 2.24) is 4.90 Å². The molecule has 0 radical (unpaired) electrons. The number of amides is 1. The van der Waals surface area contributed by atoms with Crippen LogP contribution in [-0.2, 0) is 19.4 Å². The molecule has 6 nitrogen and oxygen atoms in total. The molecule has 162 valence electrons. The fraction of sp³-hybridized carbons (Fsp3) is 0.636. The second kappa shape index (κ2) is 9.28. The van der Waals surface area contributed by atoms with Gasteiger partial charge in [0.05, 0.1) is 17.1 Å². The first kappa shape index (κ1) is 23.4. The first-order valence-electron chi connectivity index (χ1n) is 10.2. The normalized spacial score (nSPS) is 17.9. The molecule has 0 aliphatic carbocycles. The second-order valence-corrected chi connectivity index (χ2v) is 10.3. The van der Waals surface area contributed by atoms with Gasteiger partial charge in [-0.15, -0.1) is 0 Å². The summed E-state index contributed by atoms with van der Waals surface area (Å²) in [4.78, 5) is 27.2. The van der Waals surface area contributed by atoms with Crippen LogP contribution in [0.5, 0.6) is 0 Å². The first-order valence-corrected chi connectivity index (χ1v) is 12.1. The Morgan fingerprint density at radius 3 is 2.03 bits per heavy atom. The average Bonchev–Trinajstić information content (AvgIpc) is 3.03. The van der Waals surface area contributed by atoms with Crippen molar-refractivity contribution in [2.24, 2.45) is 0 Å². The van der Waals surface area contributed by atoms with Crippen LogP contribution in [0.25, 0.3) is 0 Å². The molecule has 1 aliphatic heterocycles. The largest absolute Gasteiger partial charge is 0.452 e. The van der Waals surface area contributed by atoms with Crippen LogP contribution < -0.4 is 0 Å². The molecule has 1 unspecified atom stereocenters. The van der Waals surface area contributed by atoms with Gasteiger partial charge in [-0.05, 0) is 75.3 Å². The van der Waals surface area contributed by atoms with Gasteiger partial charge in [0.15, 0.2) is 16.4 Å². The minimum absolute atomic E-state index is 0.00896. The second-order valence-electron chi connectivity index (χ2n) is 8.07. The average molecular weight is 424 g/mol. The number of unbranched alkanes of at least 4 members (excludes halogenated alkanes) is 1. The summed E-state index contributed by atoms with van der Waals surface area (Å²) in [6, 6.07) is -0.329. The predicted molar refractivity (Wildman–Crippen MR) is 114 cm³/mol. The quantitative estimate of drug-likeness (QED) is 0.629. The lowest BCUT2D eigenvalue weighted by Gasteiger charge is -2.28. The summed E-state index contributed by atoms with van der Waals surface area (Å²) in [5.74, 6) is -0.739. The molecule has 1 saturated heterocycles. The molecule has 0 spiro atoms. The van der Waals surface area contributed by atoms with Gasteiger partial charge < -0.3 is 9.64 Å². The monoisotopic (exact) mass is 423 g/mol. The fourth-order valence-electron chi connectivity index (χ4n) is 3.95. The molecule has 0 aromatic heterocycles. The Hall–Kier alpha value is -1.89. The summed E-state index contributed by atoms with van der Waals surface area (Å²) in [6.07, 6.45) is 2.12. The molecule has 1 aliphatic rings. The van der Waals surface area contributed by atoms with E-state index in [0.29, 0.717) is 18.5 Å². The number of nitrogens with zero attached hydrogens (tertiary/aromatic N) is 1. The summed E-state index contributed by atoms with van der Waals surface area (Å²) in [5.41, 5.74) is 5.50. The molecular formula is C22H33NO5S. The molecule has 1 atom stereocenters. The molecule has 1 aromatic carbocycles. The highest BCUT2D eigenvalue weighted by Gasteiger charge is 2.34. The van der Waals surface area contributed by atoms with Crippen molar-refractivity contribution in [3.63, 3.8) is 0 Å². The van der Waals surface area contributed by atoms with Gasteiger partial charge in [0.2, 0.25) is 0 Å². The van der Waals surface area contributed by atoms with E-state index in [-0.39, 0.29) is 30.1 Å². The number of benzene rings is 1. The zero-order valence-corrected chi connectivity index (χ0v) is 19.2. The first-order chi connectivity index (χ1) is 13.5. The molecule has 0 bridgehead atoms. The van der Waals surface area contributed by atoms with Crippen LogP contribution >= 0.6 is 0 Å². The van der Waals surface area contributed by atoms with Crippen molar-refractivity contribution < 1.29 is 22.7 Å². The molecule has 29 heavy (non-hydrogen) atoms. The van der Waals surface area contributed by atoms with Crippen molar-refractivity contribution in [1.29, 1.82) is 0 Å². The molecule has 1 heterocycles. The van der Waals surface area contributed by atoms with E-state index >= 15 is 0 Å². The minimum Gasteiger partial charge on any atom is -0.452 e. The van der Waals surface area contributed by atoms with Crippen LogP contribution in [0.4, 0.5) is 0 Å². The van der Waals surface area contributed by atoms with Gasteiger partial charge in [-0.1, -0.05) is 13.3 Å². The number of sulfone groups is 1. The molecule has 7 heteroatoms. The van der Waals surface area contributed by atoms with Gasteiger partial charge in [-0.3, -0.25) is 4.79 Å². The van der Waals surface area contributed by atoms with Gasteiger partial charge in [0.1, 0.15) is 0 Å². The van der Waals surface area contributed by atoms with Crippen LogP contribution in [0.1, 0.15) is 64.4 Å². The van der Waals surface area contributed by atoms with Gasteiger partial charge in [-0.25, -0.2) is 13.2 Å². The smallest absolute Gasteiger partial charge is 0.339 e. The van der Waals surface area contributed by atoms with Crippen LogP contribution in [0.2, 0.25) is 0 Å². The molecule has 1 aromatic rings. The Bertz CT molecular complexity index is 875. The molecule has 0 saturated carbocycles. The molecule has 1 amide bonds. The topological polar surface area (TPSA) is 80.8 Å². The van der Waals surface area contributed by atoms with E-state index in [1.54, 1.807) is 4.90 Å². The van der Waals surface area contributed by atoms with E-state index in [2.05, 4.69) is 0 Å². The SMILES string of the molecule is CCCCN(C(=O)COC(=O)c1c(C)c(C)c(C)c(C)c1C)C1CCS(=O)(=O)C1. The maximum Gasteiger partial charge on any atom is 0.339 e. The van der Waals surface area contributed by atoms with Crippen molar-refractivity contribution in [2.75, 3.05) is 24.7 Å². The van der Waals surface area contributed by atoms with Gasteiger partial charge in [-0.2, -0.15) is 0 Å². The number of esters is 1. The zero-order chi connectivity index (χ0) is 21.9. The lowest BCUT2D eigenvalue weighted by Crippen LogP contribution is -2.44. The van der Waals surface area contributed by atoms with Crippen LogP contribution in [0, 0.1) is 34.6 Å². The maximum atomic E-state index is 12.8. The van der Waals surface area contributed by atoms with E-state index in [1.165, 1.54) is 0 Å². The van der Waals surface area contributed by atoms with Crippen LogP contribution in [-0.4, -0.2) is 55.9 Å². The Balaban J connectivity index is 2.15. The van der Waals surface area contributed by atoms with Crippen LogP contribution in [0.15, 0.2) is 0 Å². The Morgan fingerprint density at radius 1 is 1.00 bits per heavy atom. The summed E-state index contributed by atoms with van der Waals surface area (Å²) >= 11 is 0. The van der Waals surface area contributed by atoms with Gasteiger partial charge in [0.25, 0.3) is 5.91 Å². The third kappa shape index (κ3) is 5.18. The van der Waals surface area contributed by atoms with Crippen LogP contribution in [0.3, 0.4) is 0 Å². The molecule has 2 rings (SSSR count). The van der Waals surface area contributed by atoms with E-state index in [0.717, 1.165) is 40.7 Å². The molecule has 1 fully saturated rings.